The number of carbonyl (C=O) groups is 1. The summed E-state index contributed by atoms with van der Waals surface area (Å²) < 4.78 is 11.4. The predicted octanol–water partition coefficient (Wildman–Crippen LogP) is 3.17. The van der Waals surface area contributed by atoms with Crippen molar-refractivity contribution in [2.45, 2.75) is 64.0 Å². The first-order valence-electron chi connectivity index (χ1n) is 10.5. The highest BCUT2D eigenvalue weighted by molar-refractivity contribution is 5.80. The lowest BCUT2D eigenvalue weighted by molar-refractivity contribution is -0.128. The number of hydrogen-bond donors (Lipinski definition) is 1. The Hall–Kier alpha value is -1.59. The van der Waals surface area contributed by atoms with Gasteiger partial charge >= 0.3 is 0 Å². The van der Waals surface area contributed by atoms with Crippen molar-refractivity contribution in [2.24, 2.45) is 0 Å². The standard InChI is InChI=1S/C22H34N2O3/c1-3-19-7-9-20(10-8-19)27-18(2)21(25)23-17-22(11-5-4-6-12-22)24-13-15-26-16-14-24/h7-10,18H,3-6,11-17H2,1-2H3,(H,23,25)/t18-/m1/s1. The lowest BCUT2D eigenvalue weighted by atomic mass is 9.79. The minimum Gasteiger partial charge on any atom is -0.481 e. The average Bonchev–Trinajstić information content (AvgIpc) is 2.74. The monoisotopic (exact) mass is 374 g/mol. The van der Waals surface area contributed by atoms with Gasteiger partial charge in [0.1, 0.15) is 5.75 Å². The van der Waals surface area contributed by atoms with Gasteiger partial charge in [0.05, 0.1) is 13.2 Å². The number of nitrogens with one attached hydrogen (secondary N) is 1. The molecule has 0 aromatic heterocycles. The van der Waals surface area contributed by atoms with Gasteiger partial charge in [0.15, 0.2) is 6.10 Å². The van der Waals surface area contributed by atoms with E-state index in [1.165, 1.54) is 24.8 Å². The number of benzene rings is 1. The van der Waals surface area contributed by atoms with Gasteiger partial charge in [0.2, 0.25) is 0 Å². The number of hydrogen-bond acceptors (Lipinski definition) is 4. The van der Waals surface area contributed by atoms with Gasteiger partial charge in [-0.1, -0.05) is 38.3 Å². The zero-order valence-corrected chi connectivity index (χ0v) is 16.8. The lowest BCUT2D eigenvalue weighted by Gasteiger charge is -2.48. The quantitative estimate of drug-likeness (QED) is 0.796. The first-order valence-corrected chi connectivity index (χ1v) is 10.5. The molecule has 1 saturated heterocycles. The summed E-state index contributed by atoms with van der Waals surface area (Å²) >= 11 is 0. The van der Waals surface area contributed by atoms with Crippen LogP contribution in [0.15, 0.2) is 24.3 Å². The van der Waals surface area contributed by atoms with E-state index in [1.807, 2.05) is 19.1 Å². The van der Waals surface area contributed by atoms with Crippen molar-refractivity contribution in [1.82, 2.24) is 10.2 Å². The van der Waals surface area contributed by atoms with Gasteiger partial charge in [-0.15, -0.1) is 0 Å². The van der Waals surface area contributed by atoms with Crippen LogP contribution < -0.4 is 10.1 Å². The maximum atomic E-state index is 12.7. The van der Waals surface area contributed by atoms with E-state index in [2.05, 4.69) is 29.3 Å². The van der Waals surface area contributed by atoms with Crippen LogP contribution in [0, 0.1) is 0 Å². The second-order valence-corrected chi connectivity index (χ2v) is 7.86. The third kappa shape index (κ3) is 5.23. The maximum Gasteiger partial charge on any atom is 0.260 e. The van der Waals surface area contributed by atoms with Crippen LogP contribution in [0.4, 0.5) is 0 Å². The van der Waals surface area contributed by atoms with Crippen molar-refractivity contribution in [3.8, 4) is 5.75 Å². The van der Waals surface area contributed by atoms with Gasteiger partial charge in [-0.05, 0) is 43.9 Å². The highest BCUT2D eigenvalue weighted by Crippen LogP contribution is 2.33. The Kier molecular flexibility index (Phi) is 7.13. The fourth-order valence-corrected chi connectivity index (χ4v) is 4.31. The van der Waals surface area contributed by atoms with E-state index in [-0.39, 0.29) is 11.4 Å². The van der Waals surface area contributed by atoms with E-state index in [4.69, 9.17) is 9.47 Å². The third-order valence-corrected chi connectivity index (χ3v) is 6.07. The molecule has 0 radical (unpaired) electrons. The minimum atomic E-state index is -0.497. The topological polar surface area (TPSA) is 50.8 Å². The van der Waals surface area contributed by atoms with E-state index in [1.54, 1.807) is 0 Å². The van der Waals surface area contributed by atoms with Crippen LogP contribution in [-0.4, -0.2) is 55.3 Å². The smallest absolute Gasteiger partial charge is 0.260 e. The van der Waals surface area contributed by atoms with E-state index < -0.39 is 6.10 Å². The molecule has 2 fully saturated rings. The third-order valence-electron chi connectivity index (χ3n) is 6.07. The van der Waals surface area contributed by atoms with E-state index in [0.717, 1.165) is 51.3 Å². The average molecular weight is 375 g/mol. The first kappa shape index (κ1) is 20.2. The van der Waals surface area contributed by atoms with Crippen molar-refractivity contribution >= 4 is 5.91 Å². The van der Waals surface area contributed by atoms with Crippen LogP contribution in [0.25, 0.3) is 0 Å². The Bertz CT molecular complexity index is 590. The zero-order valence-electron chi connectivity index (χ0n) is 16.8. The molecular formula is C22H34N2O3. The molecule has 3 rings (SSSR count). The first-order chi connectivity index (χ1) is 13.1. The summed E-state index contributed by atoms with van der Waals surface area (Å²) in [6.07, 6.45) is 6.59. The number of amides is 1. The second-order valence-electron chi connectivity index (χ2n) is 7.86. The highest BCUT2D eigenvalue weighted by atomic mass is 16.5. The summed E-state index contributed by atoms with van der Waals surface area (Å²) in [6, 6.07) is 7.99. The van der Waals surface area contributed by atoms with Gasteiger partial charge in [-0.2, -0.15) is 0 Å². The summed E-state index contributed by atoms with van der Waals surface area (Å²) in [5, 5.41) is 3.19. The van der Waals surface area contributed by atoms with E-state index in [9.17, 15) is 4.79 Å². The Balaban J connectivity index is 1.56. The molecule has 1 aromatic carbocycles. The molecule has 1 amide bonds. The molecule has 5 heteroatoms. The number of rotatable bonds is 7. The van der Waals surface area contributed by atoms with Crippen LogP contribution >= 0.6 is 0 Å². The Labute approximate surface area is 163 Å². The molecule has 5 nitrogen and oxygen atoms in total. The van der Waals surface area contributed by atoms with Crippen LogP contribution in [0.3, 0.4) is 0 Å². The Morgan fingerprint density at radius 1 is 1.19 bits per heavy atom. The molecule has 27 heavy (non-hydrogen) atoms. The van der Waals surface area contributed by atoms with Gasteiger partial charge in [0.25, 0.3) is 5.91 Å². The minimum absolute atomic E-state index is 0.0345. The number of carbonyl (C=O) groups excluding carboxylic acids is 1. The van der Waals surface area contributed by atoms with Crippen molar-refractivity contribution in [3.63, 3.8) is 0 Å². The Morgan fingerprint density at radius 2 is 1.85 bits per heavy atom. The maximum absolute atomic E-state index is 12.7. The SMILES string of the molecule is CCc1ccc(O[C@H](C)C(=O)NCC2(N3CCOCC3)CCCCC2)cc1. The van der Waals surface area contributed by atoms with Crippen molar-refractivity contribution in [2.75, 3.05) is 32.8 Å². The second kappa shape index (κ2) is 9.56. The zero-order chi connectivity index (χ0) is 19.1. The summed E-state index contributed by atoms with van der Waals surface area (Å²) in [6.45, 7) is 8.17. The van der Waals surface area contributed by atoms with Crippen LogP contribution in [0.2, 0.25) is 0 Å². The summed E-state index contributed by atoms with van der Waals surface area (Å²) in [5.74, 6) is 0.711. The van der Waals surface area contributed by atoms with Crippen LogP contribution in [0.1, 0.15) is 51.5 Å². The number of morpholine rings is 1. The predicted molar refractivity (Wildman–Crippen MR) is 107 cm³/mol. The highest BCUT2D eigenvalue weighted by Gasteiger charge is 2.39. The molecule has 0 spiro atoms. The van der Waals surface area contributed by atoms with Crippen LogP contribution in [0.5, 0.6) is 5.75 Å². The number of ether oxygens (including phenoxy) is 2. The van der Waals surface area contributed by atoms with Gasteiger partial charge < -0.3 is 14.8 Å². The molecule has 150 valence electrons. The van der Waals surface area contributed by atoms with Crippen molar-refractivity contribution in [1.29, 1.82) is 0 Å². The molecule has 1 aliphatic carbocycles. The Morgan fingerprint density at radius 3 is 2.48 bits per heavy atom. The van der Waals surface area contributed by atoms with Crippen LogP contribution in [-0.2, 0) is 16.0 Å². The molecule has 0 unspecified atom stereocenters. The molecule has 1 heterocycles. The lowest BCUT2D eigenvalue weighted by Crippen LogP contribution is -2.60. The fourth-order valence-electron chi connectivity index (χ4n) is 4.31. The number of aryl methyl sites for hydroxylation is 1. The normalized spacial score (nSPS) is 21.4. The molecule has 1 saturated carbocycles. The fraction of sp³-hybridized carbons (Fsp3) is 0.682. The van der Waals surface area contributed by atoms with Gasteiger partial charge in [-0.25, -0.2) is 0 Å². The summed E-state index contributed by atoms with van der Waals surface area (Å²) in [5.41, 5.74) is 1.35. The molecule has 1 N–H and O–H groups in total. The molecule has 1 atom stereocenters. The molecule has 1 aromatic rings. The molecular weight excluding hydrogens is 340 g/mol. The van der Waals surface area contributed by atoms with Crippen molar-refractivity contribution in [3.05, 3.63) is 29.8 Å². The van der Waals surface area contributed by atoms with Gasteiger partial charge in [0, 0.05) is 25.2 Å². The molecule has 2 aliphatic rings. The van der Waals surface area contributed by atoms with Crippen molar-refractivity contribution < 1.29 is 14.3 Å². The largest absolute Gasteiger partial charge is 0.481 e. The van der Waals surface area contributed by atoms with E-state index >= 15 is 0 Å². The molecule has 1 aliphatic heterocycles. The summed E-state index contributed by atoms with van der Waals surface area (Å²) in [4.78, 5) is 15.2. The van der Waals surface area contributed by atoms with Gasteiger partial charge in [-0.3, -0.25) is 9.69 Å². The molecule has 0 bridgehead atoms. The summed E-state index contributed by atoms with van der Waals surface area (Å²) in [7, 11) is 0. The van der Waals surface area contributed by atoms with E-state index in [0.29, 0.717) is 6.54 Å². The number of nitrogens with zero attached hydrogens (tertiary/aromatic N) is 1.